The van der Waals surface area contributed by atoms with E-state index in [2.05, 4.69) is 0 Å². The van der Waals surface area contributed by atoms with Gasteiger partial charge in [-0.05, 0) is 0 Å². The van der Waals surface area contributed by atoms with E-state index in [9.17, 15) is 17.6 Å². The van der Waals surface area contributed by atoms with E-state index in [0.29, 0.717) is 12.1 Å². The molecule has 0 heterocycles. The molecule has 0 N–H and O–H groups in total. The van der Waals surface area contributed by atoms with Crippen LogP contribution in [-0.2, 0) is 0 Å². The van der Waals surface area contributed by atoms with Gasteiger partial charge in [-0.2, -0.15) is 0 Å². The second-order valence-corrected chi connectivity index (χ2v) is 8.78. The van der Waals surface area contributed by atoms with E-state index >= 15 is 0 Å². The molecule has 6 heteroatoms. The Labute approximate surface area is 80.7 Å². The van der Waals surface area contributed by atoms with Crippen molar-refractivity contribution >= 4 is 19.0 Å². The first-order valence-electron chi connectivity index (χ1n) is 4.69. The Morgan fingerprint density at radius 1 is 0.769 bits per heavy atom. The van der Waals surface area contributed by atoms with Crippen LogP contribution < -0.4 is 0 Å². The van der Waals surface area contributed by atoms with Gasteiger partial charge in [-0.25, -0.2) is 17.6 Å². The van der Waals surface area contributed by atoms with Crippen LogP contribution in [0.5, 0.6) is 0 Å². The maximum atomic E-state index is 11.7. The van der Waals surface area contributed by atoms with Crippen LogP contribution in [0.3, 0.4) is 0 Å². The SMILES string of the molecule is FC(F)CC[SiH2]C[SiH2]CCC(F)F. The molecule has 80 valence electrons. The molecule has 0 unspecified atom stereocenters. The van der Waals surface area contributed by atoms with E-state index < -0.39 is 12.9 Å². The zero-order chi connectivity index (χ0) is 10.1. The van der Waals surface area contributed by atoms with Gasteiger partial charge in [-0.1, -0.05) is 17.8 Å². The minimum atomic E-state index is -2.17. The Kier molecular flexibility index (Phi) is 8.84. The van der Waals surface area contributed by atoms with Crippen LogP contribution in [0.15, 0.2) is 0 Å². The van der Waals surface area contributed by atoms with Crippen molar-refractivity contribution in [3.05, 3.63) is 0 Å². The summed E-state index contributed by atoms with van der Waals surface area (Å²) in [7, 11) is -0.679. The molecule has 0 atom stereocenters. The molecule has 0 amide bonds. The van der Waals surface area contributed by atoms with Crippen molar-refractivity contribution in [2.24, 2.45) is 0 Å². The molecule has 0 spiro atoms. The molecule has 0 bridgehead atoms. The van der Waals surface area contributed by atoms with Gasteiger partial charge in [-0.3, -0.25) is 0 Å². The summed E-state index contributed by atoms with van der Waals surface area (Å²) in [6, 6.07) is 1.36. The Balaban J connectivity index is 2.92. The molecule has 0 aromatic carbocycles. The summed E-state index contributed by atoms with van der Waals surface area (Å²) in [5.74, 6) is 0. The third-order valence-corrected chi connectivity index (χ3v) is 7.66. The summed E-state index contributed by atoms with van der Waals surface area (Å²) in [5, 5.41) is 0. The number of alkyl halides is 4. The van der Waals surface area contributed by atoms with Gasteiger partial charge in [-0.15, -0.1) is 0 Å². The third kappa shape index (κ3) is 12.2. The zero-order valence-corrected chi connectivity index (χ0v) is 10.4. The Morgan fingerprint density at radius 2 is 1.15 bits per heavy atom. The number of hydrogen-bond donors (Lipinski definition) is 0. The Bertz CT molecular complexity index is 98.7. The highest BCUT2D eigenvalue weighted by molar-refractivity contribution is 6.55. The van der Waals surface area contributed by atoms with E-state index in [4.69, 9.17) is 0 Å². The van der Waals surface area contributed by atoms with Crippen LogP contribution in [0.25, 0.3) is 0 Å². The zero-order valence-electron chi connectivity index (χ0n) is 7.62. The molecule has 0 fully saturated rings. The average molecular weight is 232 g/mol. The molecule has 0 rings (SSSR count). The summed E-state index contributed by atoms with van der Waals surface area (Å²) in [5.41, 5.74) is 1.07. The first kappa shape index (κ1) is 13.2. The monoisotopic (exact) mass is 232 g/mol. The van der Waals surface area contributed by atoms with Crippen molar-refractivity contribution in [3.63, 3.8) is 0 Å². The van der Waals surface area contributed by atoms with E-state index in [1.165, 1.54) is 0 Å². The van der Waals surface area contributed by atoms with Crippen LogP contribution in [-0.4, -0.2) is 31.9 Å². The van der Waals surface area contributed by atoms with Gasteiger partial charge >= 0.3 is 0 Å². The summed E-state index contributed by atoms with van der Waals surface area (Å²) in [4.78, 5) is 0. The molecule has 0 aliphatic rings. The van der Waals surface area contributed by atoms with E-state index in [-0.39, 0.29) is 31.9 Å². The third-order valence-electron chi connectivity index (χ3n) is 1.84. The predicted octanol–water partition coefficient (Wildman–Crippen LogP) is 1.85. The first-order valence-corrected chi connectivity index (χ1v) is 8.69. The minimum Gasteiger partial charge on any atom is -0.211 e. The van der Waals surface area contributed by atoms with Crippen LogP contribution in [0.4, 0.5) is 17.6 Å². The number of hydrogen-bond acceptors (Lipinski definition) is 0. The van der Waals surface area contributed by atoms with Crippen LogP contribution >= 0.6 is 0 Å². The van der Waals surface area contributed by atoms with Crippen LogP contribution in [0.2, 0.25) is 17.8 Å². The second-order valence-electron chi connectivity index (χ2n) is 3.13. The normalized spacial score (nSPS) is 13.4. The molecule has 0 saturated heterocycles. The Hall–Kier alpha value is 0.154. The lowest BCUT2D eigenvalue weighted by atomic mass is 10.5. The predicted molar refractivity (Wildman–Crippen MR) is 52.8 cm³/mol. The largest absolute Gasteiger partial charge is 0.238 e. The van der Waals surface area contributed by atoms with E-state index in [1.54, 1.807) is 0 Å². The van der Waals surface area contributed by atoms with Crippen molar-refractivity contribution < 1.29 is 17.6 Å². The minimum absolute atomic E-state index is 0.0233. The Morgan fingerprint density at radius 3 is 1.46 bits per heavy atom. The van der Waals surface area contributed by atoms with Crippen molar-refractivity contribution in [2.75, 3.05) is 0 Å². The molecular weight excluding hydrogens is 216 g/mol. The summed E-state index contributed by atoms with van der Waals surface area (Å²) >= 11 is 0. The fraction of sp³-hybridized carbons (Fsp3) is 1.00. The highest BCUT2D eigenvalue weighted by Gasteiger charge is 2.03. The first-order chi connectivity index (χ1) is 6.13. The molecular formula is C7H16F4Si2. The van der Waals surface area contributed by atoms with Crippen molar-refractivity contribution in [3.8, 4) is 0 Å². The number of rotatable bonds is 8. The molecule has 0 aliphatic carbocycles. The molecule has 13 heavy (non-hydrogen) atoms. The van der Waals surface area contributed by atoms with Crippen molar-refractivity contribution in [1.82, 2.24) is 0 Å². The topological polar surface area (TPSA) is 0 Å². The van der Waals surface area contributed by atoms with Crippen LogP contribution in [0, 0.1) is 0 Å². The van der Waals surface area contributed by atoms with Crippen molar-refractivity contribution in [2.45, 2.75) is 43.4 Å². The van der Waals surface area contributed by atoms with E-state index in [1.807, 2.05) is 0 Å². The van der Waals surface area contributed by atoms with Gasteiger partial charge in [0, 0.05) is 31.9 Å². The fourth-order valence-electron chi connectivity index (χ4n) is 1.13. The molecule has 0 aromatic rings. The number of halogens is 4. The lowest BCUT2D eigenvalue weighted by molar-refractivity contribution is 0.143. The quantitative estimate of drug-likeness (QED) is 0.340. The highest BCUT2D eigenvalue weighted by atomic mass is 28.3. The molecule has 0 aliphatic heterocycles. The smallest absolute Gasteiger partial charge is 0.211 e. The lowest BCUT2D eigenvalue weighted by Crippen LogP contribution is -2.01. The van der Waals surface area contributed by atoms with Gasteiger partial charge < -0.3 is 0 Å². The van der Waals surface area contributed by atoms with Crippen molar-refractivity contribution in [1.29, 1.82) is 0 Å². The molecule has 0 nitrogen and oxygen atoms in total. The maximum absolute atomic E-state index is 11.7. The standard InChI is InChI=1S/C7H16F4Si2/c8-6(9)1-3-12-5-13-4-2-7(10)11/h6-7H,1-5,12-13H2. The highest BCUT2D eigenvalue weighted by Crippen LogP contribution is 2.06. The second kappa shape index (κ2) is 8.74. The average Bonchev–Trinajstić information content (AvgIpc) is 2.01. The molecule has 0 radical (unpaired) electrons. The summed E-state index contributed by atoms with van der Waals surface area (Å²) in [6.07, 6.45) is -4.30. The van der Waals surface area contributed by atoms with Gasteiger partial charge in [0.1, 0.15) is 0 Å². The molecule has 0 saturated carbocycles. The fourth-order valence-corrected chi connectivity index (χ4v) is 6.56. The van der Waals surface area contributed by atoms with E-state index in [0.717, 1.165) is 5.67 Å². The maximum Gasteiger partial charge on any atom is 0.238 e. The van der Waals surface area contributed by atoms with Gasteiger partial charge in [0.15, 0.2) is 0 Å². The van der Waals surface area contributed by atoms with Crippen LogP contribution in [0.1, 0.15) is 12.8 Å². The summed E-state index contributed by atoms with van der Waals surface area (Å²) < 4.78 is 46.6. The van der Waals surface area contributed by atoms with Gasteiger partial charge in [0.25, 0.3) is 0 Å². The molecule has 0 aromatic heterocycles. The van der Waals surface area contributed by atoms with Gasteiger partial charge in [0.2, 0.25) is 12.9 Å². The lowest BCUT2D eigenvalue weighted by Gasteiger charge is -1.99. The summed E-state index contributed by atoms with van der Waals surface area (Å²) in [6.45, 7) is 0. The van der Waals surface area contributed by atoms with Gasteiger partial charge in [0.05, 0.1) is 0 Å².